The summed E-state index contributed by atoms with van der Waals surface area (Å²) in [5.74, 6) is 0. The lowest BCUT2D eigenvalue weighted by Crippen LogP contribution is -2.38. The Labute approximate surface area is 111 Å². The van der Waals surface area contributed by atoms with E-state index in [4.69, 9.17) is 0 Å². The summed E-state index contributed by atoms with van der Waals surface area (Å²) in [6.07, 6.45) is -3.69. The minimum absolute atomic E-state index is 0.111. The van der Waals surface area contributed by atoms with Crippen LogP contribution in [0.15, 0.2) is 24.3 Å². The number of alkyl halides is 3. The highest BCUT2D eigenvalue weighted by atomic mass is 19.4. The van der Waals surface area contributed by atoms with Crippen molar-refractivity contribution in [1.82, 2.24) is 5.32 Å². The fraction of sp³-hybridized carbons (Fsp3) is 0.571. The van der Waals surface area contributed by atoms with E-state index in [0.717, 1.165) is 17.7 Å². The minimum atomic E-state index is -4.30. The van der Waals surface area contributed by atoms with Gasteiger partial charge in [-0.3, -0.25) is 0 Å². The SMILES string of the molecule is CCC(C)(O)CNC(C)c1ccc(C(F)(F)F)cc1. The zero-order chi connectivity index (χ0) is 14.7. The van der Waals surface area contributed by atoms with Gasteiger partial charge in [0.25, 0.3) is 0 Å². The number of aliphatic hydroxyl groups is 1. The molecule has 0 saturated carbocycles. The summed E-state index contributed by atoms with van der Waals surface area (Å²) in [6.45, 7) is 5.85. The van der Waals surface area contributed by atoms with E-state index in [1.807, 2.05) is 13.8 Å². The lowest BCUT2D eigenvalue weighted by Gasteiger charge is -2.24. The maximum absolute atomic E-state index is 12.4. The van der Waals surface area contributed by atoms with Gasteiger partial charge in [0.15, 0.2) is 0 Å². The van der Waals surface area contributed by atoms with Gasteiger partial charge < -0.3 is 10.4 Å². The van der Waals surface area contributed by atoms with Crippen LogP contribution in [0.3, 0.4) is 0 Å². The van der Waals surface area contributed by atoms with E-state index < -0.39 is 17.3 Å². The van der Waals surface area contributed by atoms with Crippen molar-refractivity contribution in [3.05, 3.63) is 35.4 Å². The van der Waals surface area contributed by atoms with Crippen molar-refractivity contribution in [2.24, 2.45) is 0 Å². The summed E-state index contributed by atoms with van der Waals surface area (Å²) in [4.78, 5) is 0. The second kappa shape index (κ2) is 5.92. The van der Waals surface area contributed by atoms with E-state index in [9.17, 15) is 18.3 Å². The molecule has 0 radical (unpaired) electrons. The first-order valence-electron chi connectivity index (χ1n) is 6.28. The molecule has 0 aliphatic carbocycles. The highest BCUT2D eigenvalue weighted by Gasteiger charge is 2.30. The first-order chi connectivity index (χ1) is 8.65. The molecule has 0 aliphatic heterocycles. The van der Waals surface area contributed by atoms with Crippen molar-refractivity contribution < 1.29 is 18.3 Å². The van der Waals surface area contributed by atoms with Crippen molar-refractivity contribution in [2.75, 3.05) is 6.54 Å². The fourth-order valence-corrected chi connectivity index (χ4v) is 1.58. The summed E-state index contributed by atoms with van der Waals surface area (Å²) >= 11 is 0. The minimum Gasteiger partial charge on any atom is -0.389 e. The first kappa shape index (κ1) is 16.0. The van der Waals surface area contributed by atoms with E-state index >= 15 is 0 Å². The van der Waals surface area contributed by atoms with Gasteiger partial charge in [-0.1, -0.05) is 19.1 Å². The molecule has 0 spiro atoms. The molecule has 0 aliphatic rings. The van der Waals surface area contributed by atoms with Crippen LogP contribution in [0.4, 0.5) is 13.2 Å². The van der Waals surface area contributed by atoms with E-state index in [2.05, 4.69) is 5.32 Å². The van der Waals surface area contributed by atoms with Crippen molar-refractivity contribution in [1.29, 1.82) is 0 Å². The van der Waals surface area contributed by atoms with Gasteiger partial charge in [0.2, 0.25) is 0 Å². The van der Waals surface area contributed by atoms with Crippen LogP contribution in [0, 0.1) is 0 Å². The molecule has 0 fully saturated rings. The Kier molecular flexibility index (Phi) is 4.98. The van der Waals surface area contributed by atoms with Crippen molar-refractivity contribution in [3.63, 3.8) is 0 Å². The molecule has 0 aromatic heterocycles. The Morgan fingerprint density at radius 3 is 2.16 bits per heavy atom. The number of rotatable bonds is 5. The molecule has 0 amide bonds. The number of hydrogen-bond donors (Lipinski definition) is 2. The second-order valence-corrected chi connectivity index (χ2v) is 5.07. The summed E-state index contributed by atoms with van der Waals surface area (Å²) in [6, 6.07) is 4.96. The molecule has 108 valence electrons. The van der Waals surface area contributed by atoms with Gasteiger partial charge in [-0.15, -0.1) is 0 Å². The highest BCUT2D eigenvalue weighted by Crippen LogP contribution is 2.29. The summed E-state index contributed by atoms with van der Waals surface area (Å²) in [5, 5.41) is 13.0. The molecule has 1 rings (SSSR count). The van der Waals surface area contributed by atoms with E-state index in [1.54, 1.807) is 6.92 Å². The molecule has 0 saturated heterocycles. The lowest BCUT2D eigenvalue weighted by atomic mass is 10.0. The molecule has 5 heteroatoms. The Bertz CT molecular complexity index is 398. The van der Waals surface area contributed by atoms with Gasteiger partial charge in [-0.05, 0) is 38.0 Å². The van der Waals surface area contributed by atoms with Gasteiger partial charge in [-0.25, -0.2) is 0 Å². The molecule has 1 aromatic carbocycles. The average Bonchev–Trinajstić information content (AvgIpc) is 2.35. The zero-order valence-electron chi connectivity index (χ0n) is 11.4. The zero-order valence-corrected chi connectivity index (χ0v) is 11.4. The predicted octanol–water partition coefficient (Wildman–Crippen LogP) is 3.52. The van der Waals surface area contributed by atoms with E-state index in [-0.39, 0.29) is 6.04 Å². The first-order valence-corrected chi connectivity index (χ1v) is 6.28. The topological polar surface area (TPSA) is 32.3 Å². The van der Waals surface area contributed by atoms with E-state index in [1.165, 1.54) is 12.1 Å². The third-order valence-electron chi connectivity index (χ3n) is 3.29. The van der Waals surface area contributed by atoms with Gasteiger partial charge in [-0.2, -0.15) is 13.2 Å². The van der Waals surface area contributed by atoms with Gasteiger partial charge >= 0.3 is 6.18 Å². The lowest BCUT2D eigenvalue weighted by molar-refractivity contribution is -0.137. The molecule has 2 N–H and O–H groups in total. The molecule has 2 unspecified atom stereocenters. The van der Waals surface area contributed by atoms with Gasteiger partial charge in [0.05, 0.1) is 11.2 Å². The Balaban J connectivity index is 2.66. The quantitative estimate of drug-likeness (QED) is 0.861. The summed E-state index contributed by atoms with van der Waals surface area (Å²) in [7, 11) is 0. The molecule has 19 heavy (non-hydrogen) atoms. The molecule has 1 aromatic rings. The Hall–Kier alpha value is -1.07. The molecular weight excluding hydrogens is 255 g/mol. The van der Waals surface area contributed by atoms with Gasteiger partial charge in [0.1, 0.15) is 0 Å². The molecule has 0 heterocycles. The number of benzene rings is 1. The fourth-order valence-electron chi connectivity index (χ4n) is 1.58. The summed E-state index contributed by atoms with van der Waals surface area (Å²) in [5.41, 5.74) is -0.691. The van der Waals surface area contributed by atoms with Crippen molar-refractivity contribution in [2.45, 2.75) is 45.0 Å². The number of hydrogen-bond acceptors (Lipinski definition) is 2. The Morgan fingerprint density at radius 2 is 1.74 bits per heavy atom. The van der Waals surface area contributed by atoms with Crippen LogP contribution in [0.2, 0.25) is 0 Å². The van der Waals surface area contributed by atoms with Crippen LogP contribution in [-0.2, 0) is 6.18 Å². The van der Waals surface area contributed by atoms with Crippen molar-refractivity contribution >= 4 is 0 Å². The monoisotopic (exact) mass is 275 g/mol. The average molecular weight is 275 g/mol. The summed E-state index contributed by atoms with van der Waals surface area (Å²) < 4.78 is 37.3. The van der Waals surface area contributed by atoms with Crippen LogP contribution < -0.4 is 5.32 Å². The predicted molar refractivity (Wildman–Crippen MR) is 68.8 cm³/mol. The Morgan fingerprint density at radius 1 is 1.21 bits per heavy atom. The number of halogens is 3. The van der Waals surface area contributed by atoms with Crippen LogP contribution in [0.25, 0.3) is 0 Å². The highest BCUT2D eigenvalue weighted by molar-refractivity contribution is 5.26. The smallest absolute Gasteiger partial charge is 0.389 e. The third-order valence-corrected chi connectivity index (χ3v) is 3.29. The molecule has 2 nitrogen and oxygen atoms in total. The molecule has 2 atom stereocenters. The van der Waals surface area contributed by atoms with Crippen LogP contribution >= 0.6 is 0 Å². The standard InChI is InChI=1S/C14H20F3NO/c1-4-13(3,19)9-18-10(2)11-5-7-12(8-6-11)14(15,16)17/h5-8,10,18-19H,4,9H2,1-3H3. The van der Waals surface area contributed by atoms with Crippen LogP contribution in [-0.4, -0.2) is 17.3 Å². The van der Waals surface area contributed by atoms with Crippen LogP contribution in [0.5, 0.6) is 0 Å². The van der Waals surface area contributed by atoms with Crippen LogP contribution in [0.1, 0.15) is 44.4 Å². The van der Waals surface area contributed by atoms with Gasteiger partial charge in [0, 0.05) is 12.6 Å². The molecule has 0 bridgehead atoms. The van der Waals surface area contributed by atoms with Crippen molar-refractivity contribution in [3.8, 4) is 0 Å². The second-order valence-electron chi connectivity index (χ2n) is 5.07. The van der Waals surface area contributed by atoms with E-state index in [0.29, 0.717) is 13.0 Å². The maximum Gasteiger partial charge on any atom is 0.416 e. The third kappa shape index (κ3) is 4.84. The normalized spacial score (nSPS) is 17.0. The molecular formula is C14H20F3NO. The maximum atomic E-state index is 12.4. The number of nitrogens with one attached hydrogen (secondary N) is 1. The largest absolute Gasteiger partial charge is 0.416 e.